The van der Waals surface area contributed by atoms with Gasteiger partial charge in [-0.3, -0.25) is 29.0 Å². The summed E-state index contributed by atoms with van der Waals surface area (Å²) >= 11 is 0. The van der Waals surface area contributed by atoms with Crippen molar-refractivity contribution in [2.24, 2.45) is 33.7 Å². The number of aliphatic imine (C=N–C) groups is 1. The lowest BCUT2D eigenvalue weighted by Crippen LogP contribution is -2.60. The number of amides is 5. The lowest BCUT2D eigenvalue weighted by atomic mass is 10.1. The molecule has 0 rings (SSSR count). The molecule has 0 aromatic carbocycles. The number of nitrogens with zero attached hydrogens (tertiary/aromatic N) is 1. The van der Waals surface area contributed by atoms with Crippen molar-refractivity contribution in [2.45, 2.75) is 69.3 Å². The molecule has 0 aliphatic carbocycles. The van der Waals surface area contributed by atoms with Crippen molar-refractivity contribution >= 4 is 41.5 Å². The van der Waals surface area contributed by atoms with Gasteiger partial charge in [0, 0.05) is 13.0 Å². The van der Waals surface area contributed by atoms with Gasteiger partial charge in [0.15, 0.2) is 5.96 Å². The summed E-state index contributed by atoms with van der Waals surface area (Å²) in [6, 6.07) is -5.85. The van der Waals surface area contributed by atoms with E-state index in [2.05, 4.69) is 20.9 Å². The molecule has 17 nitrogen and oxygen atoms in total. The number of carboxylic acid groups (broad SMARTS) is 1. The highest BCUT2D eigenvalue weighted by Gasteiger charge is 2.32. The summed E-state index contributed by atoms with van der Waals surface area (Å²) in [5.41, 5.74) is 26.0. The van der Waals surface area contributed by atoms with Gasteiger partial charge in [0.2, 0.25) is 29.5 Å². The molecular formula is C19H35N9O8. The van der Waals surface area contributed by atoms with Gasteiger partial charge >= 0.3 is 5.97 Å². The van der Waals surface area contributed by atoms with Crippen LogP contribution in [-0.2, 0) is 28.8 Å². The first-order valence-corrected chi connectivity index (χ1v) is 10.8. The number of nitrogens with two attached hydrogens (primary N) is 5. The maximum Gasteiger partial charge on any atom is 0.326 e. The quantitative estimate of drug-likeness (QED) is 0.0492. The van der Waals surface area contributed by atoms with Crippen LogP contribution in [0, 0.1) is 0 Å². The summed E-state index contributed by atoms with van der Waals surface area (Å²) in [7, 11) is 0. The van der Waals surface area contributed by atoms with Crippen molar-refractivity contribution in [1.29, 1.82) is 0 Å². The van der Waals surface area contributed by atoms with Crippen LogP contribution in [0.1, 0.15) is 39.0 Å². The second-order valence-corrected chi connectivity index (χ2v) is 7.92. The van der Waals surface area contributed by atoms with E-state index >= 15 is 0 Å². The minimum atomic E-state index is -1.63. The molecule has 0 aliphatic heterocycles. The summed E-state index contributed by atoms with van der Waals surface area (Å²) in [6.45, 7) is 1.27. The van der Waals surface area contributed by atoms with Crippen molar-refractivity contribution < 1.29 is 39.0 Å². The van der Waals surface area contributed by atoms with Crippen LogP contribution >= 0.6 is 0 Å². The summed E-state index contributed by atoms with van der Waals surface area (Å²) in [5.74, 6) is -6.20. The minimum Gasteiger partial charge on any atom is -0.480 e. The van der Waals surface area contributed by atoms with Crippen molar-refractivity contribution in [3.63, 3.8) is 0 Å². The van der Waals surface area contributed by atoms with E-state index in [1.54, 1.807) is 0 Å². The molecule has 0 saturated carbocycles. The molecule has 204 valence electrons. The number of guanidine groups is 1. The molecule has 0 aliphatic rings. The second kappa shape index (κ2) is 15.8. The maximum absolute atomic E-state index is 12.8. The van der Waals surface area contributed by atoms with E-state index in [4.69, 9.17) is 28.7 Å². The van der Waals surface area contributed by atoms with E-state index in [0.717, 1.165) is 0 Å². The molecule has 5 amide bonds. The molecule has 0 fully saturated rings. The number of carbonyl (C=O) groups excluding carboxylic acids is 5. The number of carbonyl (C=O) groups is 6. The molecule has 0 spiro atoms. The zero-order valence-corrected chi connectivity index (χ0v) is 19.8. The predicted octanol–water partition coefficient (Wildman–Crippen LogP) is -5.57. The van der Waals surface area contributed by atoms with E-state index in [0.29, 0.717) is 0 Å². The Labute approximate surface area is 206 Å². The third-order valence-electron chi connectivity index (χ3n) is 4.69. The molecule has 17 heteroatoms. The third kappa shape index (κ3) is 13.0. The second-order valence-electron chi connectivity index (χ2n) is 7.92. The fourth-order valence-corrected chi connectivity index (χ4v) is 2.83. The van der Waals surface area contributed by atoms with Crippen molar-refractivity contribution in [3.05, 3.63) is 0 Å². The zero-order chi connectivity index (χ0) is 28.0. The van der Waals surface area contributed by atoms with Crippen molar-refractivity contribution in [2.75, 3.05) is 6.54 Å². The minimum absolute atomic E-state index is 0.0621. The van der Waals surface area contributed by atoms with Crippen LogP contribution in [-0.4, -0.2) is 88.5 Å². The molecule has 5 atom stereocenters. The first-order chi connectivity index (χ1) is 16.6. The standard InChI is InChI=1S/C19H35N9O8/c1-8(29)14(17(34)27-11(18(35)36)3-2-6-25-19(23)24)28-16(33)10(4-5-12(21)30)26-15(32)9(20)7-13(22)31/h8-11,14,29H,2-7,20H2,1H3,(H2,21,30)(H2,22,31)(H,26,32)(H,27,34)(H,28,33)(H,35,36)(H4,23,24,25). The Hall–Kier alpha value is -3.99. The Morgan fingerprint density at radius 1 is 0.833 bits per heavy atom. The number of aliphatic carboxylic acids is 1. The van der Waals surface area contributed by atoms with Crippen LogP contribution in [0.3, 0.4) is 0 Å². The predicted molar refractivity (Wildman–Crippen MR) is 125 cm³/mol. The monoisotopic (exact) mass is 517 g/mol. The van der Waals surface area contributed by atoms with E-state index < -0.39 is 72.2 Å². The number of carboxylic acids is 1. The number of aliphatic hydroxyl groups excluding tert-OH is 1. The molecule has 5 unspecified atom stereocenters. The van der Waals surface area contributed by atoms with Gasteiger partial charge in [0.05, 0.1) is 18.6 Å². The largest absolute Gasteiger partial charge is 0.480 e. The third-order valence-corrected chi connectivity index (χ3v) is 4.69. The van der Waals surface area contributed by atoms with E-state index in [9.17, 15) is 39.0 Å². The van der Waals surface area contributed by atoms with E-state index in [1.807, 2.05) is 0 Å². The highest BCUT2D eigenvalue weighted by atomic mass is 16.4. The highest BCUT2D eigenvalue weighted by Crippen LogP contribution is 2.04. The van der Waals surface area contributed by atoms with Crippen LogP contribution in [0.25, 0.3) is 0 Å². The number of aliphatic hydroxyl groups is 1. The number of nitrogens with one attached hydrogen (secondary N) is 3. The van der Waals surface area contributed by atoms with Gasteiger partial charge in [-0.1, -0.05) is 0 Å². The molecule has 0 aromatic heterocycles. The van der Waals surface area contributed by atoms with E-state index in [-0.39, 0.29) is 38.2 Å². The topological polar surface area (TPSA) is 321 Å². The van der Waals surface area contributed by atoms with Gasteiger partial charge in [-0.25, -0.2) is 4.79 Å². The molecular weight excluding hydrogens is 482 g/mol. The fourth-order valence-electron chi connectivity index (χ4n) is 2.83. The Kier molecular flexibility index (Phi) is 14.1. The normalized spacial score (nSPS) is 14.8. The van der Waals surface area contributed by atoms with Gasteiger partial charge in [0.25, 0.3) is 0 Å². The van der Waals surface area contributed by atoms with Crippen LogP contribution < -0.4 is 44.6 Å². The van der Waals surface area contributed by atoms with Gasteiger partial charge in [-0.05, 0) is 26.2 Å². The smallest absolute Gasteiger partial charge is 0.326 e. The SMILES string of the molecule is CC(O)C(NC(=O)C(CCC(N)=O)NC(=O)C(N)CC(N)=O)C(=O)NC(CCCN=C(N)N)C(=O)O. The van der Waals surface area contributed by atoms with Gasteiger partial charge in [-0.2, -0.15) is 0 Å². The average Bonchev–Trinajstić information content (AvgIpc) is 2.75. The van der Waals surface area contributed by atoms with Crippen molar-refractivity contribution in [1.82, 2.24) is 16.0 Å². The fraction of sp³-hybridized carbons (Fsp3) is 0.632. The molecule has 0 bridgehead atoms. The highest BCUT2D eigenvalue weighted by molar-refractivity contribution is 5.95. The van der Waals surface area contributed by atoms with Crippen LogP contribution in [0.15, 0.2) is 4.99 Å². The number of hydrogen-bond donors (Lipinski definition) is 10. The zero-order valence-electron chi connectivity index (χ0n) is 19.8. The summed E-state index contributed by atoms with van der Waals surface area (Å²) in [6.07, 6.45) is -2.51. The average molecular weight is 518 g/mol. The molecule has 0 saturated heterocycles. The Morgan fingerprint density at radius 3 is 1.89 bits per heavy atom. The van der Waals surface area contributed by atoms with Gasteiger partial charge in [0.1, 0.15) is 18.1 Å². The first kappa shape index (κ1) is 32.0. The molecule has 0 aromatic rings. The number of hydrogen-bond acceptors (Lipinski definition) is 9. The Bertz CT molecular complexity index is 845. The summed E-state index contributed by atoms with van der Waals surface area (Å²) in [4.78, 5) is 75.1. The van der Waals surface area contributed by atoms with Crippen molar-refractivity contribution in [3.8, 4) is 0 Å². The lowest BCUT2D eigenvalue weighted by molar-refractivity contribution is -0.143. The number of rotatable bonds is 17. The Balaban J connectivity index is 5.45. The lowest BCUT2D eigenvalue weighted by Gasteiger charge is -2.26. The first-order valence-electron chi connectivity index (χ1n) is 10.8. The van der Waals surface area contributed by atoms with E-state index in [1.165, 1.54) is 6.92 Å². The molecule has 15 N–H and O–H groups in total. The summed E-state index contributed by atoms with van der Waals surface area (Å²) in [5, 5.41) is 26.0. The van der Waals surface area contributed by atoms with Crippen LogP contribution in [0.4, 0.5) is 0 Å². The van der Waals surface area contributed by atoms with Gasteiger partial charge in [-0.15, -0.1) is 0 Å². The molecule has 0 radical (unpaired) electrons. The number of primary amides is 2. The van der Waals surface area contributed by atoms with Crippen LogP contribution in [0.5, 0.6) is 0 Å². The summed E-state index contributed by atoms with van der Waals surface area (Å²) < 4.78 is 0. The Morgan fingerprint density at radius 2 is 1.42 bits per heavy atom. The van der Waals surface area contributed by atoms with Gasteiger partial charge < -0.3 is 54.8 Å². The molecule has 0 heterocycles. The van der Waals surface area contributed by atoms with Crippen LogP contribution in [0.2, 0.25) is 0 Å². The molecule has 36 heavy (non-hydrogen) atoms. The maximum atomic E-state index is 12.8.